The number of halogens is 1. The monoisotopic (exact) mass is 317 g/mol. The number of hydrogen-bond acceptors (Lipinski definition) is 4. The zero-order valence-corrected chi connectivity index (χ0v) is 12.9. The fourth-order valence-electron chi connectivity index (χ4n) is 2.41. The molecule has 2 rings (SSSR count). The van der Waals surface area contributed by atoms with Crippen LogP contribution in [0.2, 0.25) is 0 Å². The van der Waals surface area contributed by atoms with Crippen LogP contribution in [0.15, 0.2) is 5.10 Å². The Morgan fingerprint density at radius 1 is 1.50 bits per heavy atom. The molecule has 2 heterocycles. The third-order valence-electron chi connectivity index (χ3n) is 3.27. The van der Waals surface area contributed by atoms with Gasteiger partial charge < -0.3 is 9.64 Å². The van der Waals surface area contributed by atoms with Crippen molar-refractivity contribution < 1.29 is 9.53 Å². The maximum Gasteiger partial charge on any atom is 0.410 e. The van der Waals surface area contributed by atoms with E-state index in [4.69, 9.17) is 4.74 Å². The molecular formula is C12H20BrN3O2. The van der Waals surface area contributed by atoms with Gasteiger partial charge in [0.25, 0.3) is 0 Å². The van der Waals surface area contributed by atoms with E-state index in [-0.39, 0.29) is 12.0 Å². The topological polar surface area (TPSA) is 45.1 Å². The van der Waals surface area contributed by atoms with Crippen LogP contribution in [-0.2, 0) is 4.74 Å². The summed E-state index contributed by atoms with van der Waals surface area (Å²) in [5.74, 6) is 0.274. The number of nitrogens with zero attached hydrogens (tertiary/aromatic N) is 3. The Balaban J connectivity index is 1.99. The molecule has 0 bridgehead atoms. The van der Waals surface area contributed by atoms with E-state index in [1.54, 1.807) is 4.90 Å². The SMILES string of the molecule is CN1N=C(Br)C2CN(C(=O)OC(C)(C)C)CCC21. The number of carbonyl (C=O) groups is 1. The van der Waals surface area contributed by atoms with Crippen LogP contribution in [0, 0.1) is 5.92 Å². The fourth-order valence-corrected chi connectivity index (χ4v) is 3.11. The predicted molar refractivity (Wildman–Crippen MR) is 73.8 cm³/mol. The van der Waals surface area contributed by atoms with Gasteiger partial charge in [-0.2, -0.15) is 5.10 Å². The summed E-state index contributed by atoms with van der Waals surface area (Å²) >= 11 is 3.49. The predicted octanol–water partition coefficient (Wildman–Crippen LogP) is 2.27. The molecule has 1 amide bonds. The van der Waals surface area contributed by atoms with E-state index in [2.05, 4.69) is 21.0 Å². The average molecular weight is 318 g/mol. The highest BCUT2D eigenvalue weighted by molar-refractivity contribution is 9.18. The third-order valence-corrected chi connectivity index (χ3v) is 4.01. The lowest BCUT2D eigenvalue weighted by atomic mass is 9.94. The van der Waals surface area contributed by atoms with Crippen LogP contribution in [0.1, 0.15) is 27.2 Å². The molecule has 2 atom stereocenters. The summed E-state index contributed by atoms with van der Waals surface area (Å²) in [7, 11) is 1.98. The summed E-state index contributed by atoms with van der Waals surface area (Å²) in [4.78, 5) is 13.8. The highest BCUT2D eigenvalue weighted by Gasteiger charge is 2.40. The molecule has 0 aromatic heterocycles. The molecule has 0 spiro atoms. The van der Waals surface area contributed by atoms with Crippen LogP contribution in [0.3, 0.4) is 0 Å². The molecule has 0 aliphatic carbocycles. The summed E-state index contributed by atoms with van der Waals surface area (Å²) in [6.07, 6.45) is 0.703. The quantitative estimate of drug-likeness (QED) is 0.688. The number of piperidine rings is 1. The Morgan fingerprint density at radius 2 is 2.17 bits per heavy atom. The van der Waals surface area contributed by atoms with E-state index in [9.17, 15) is 4.79 Å². The molecule has 0 saturated carbocycles. The van der Waals surface area contributed by atoms with Gasteiger partial charge in [-0.25, -0.2) is 4.79 Å². The first-order chi connectivity index (χ1) is 8.28. The lowest BCUT2D eigenvalue weighted by molar-refractivity contribution is 0.0137. The third kappa shape index (κ3) is 2.79. The highest BCUT2D eigenvalue weighted by atomic mass is 79.9. The zero-order valence-electron chi connectivity index (χ0n) is 11.3. The van der Waals surface area contributed by atoms with Crippen LogP contribution < -0.4 is 0 Å². The van der Waals surface area contributed by atoms with Gasteiger partial charge in [-0.3, -0.25) is 5.01 Å². The maximum atomic E-state index is 12.0. The second-order valence-electron chi connectivity index (χ2n) is 5.89. The normalized spacial score (nSPS) is 27.9. The number of amides is 1. The molecule has 5 nitrogen and oxygen atoms in total. The first-order valence-electron chi connectivity index (χ1n) is 6.22. The summed E-state index contributed by atoms with van der Waals surface area (Å²) in [5, 5.41) is 6.38. The molecule has 1 saturated heterocycles. The van der Waals surface area contributed by atoms with Gasteiger partial charge in [0, 0.05) is 26.1 Å². The second kappa shape index (κ2) is 4.72. The number of hydrazone groups is 1. The molecule has 18 heavy (non-hydrogen) atoms. The van der Waals surface area contributed by atoms with E-state index in [1.807, 2.05) is 32.8 Å². The van der Waals surface area contributed by atoms with E-state index in [1.165, 1.54) is 0 Å². The first kappa shape index (κ1) is 13.6. The summed E-state index contributed by atoms with van der Waals surface area (Å²) in [5.41, 5.74) is -0.439. The molecule has 2 aliphatic rings. The van der Waals surface area contributed by atoms with Crippen molar-refractivity contribution in [3.8, 4) is 0 Å². The van der Waals surface area contributed by atoms with Crippen molar-refractivity contribution in [1.82, 2.24) is 9.91 Å². The van der Waals surface area contributed by atoms with Crippen LogP contribution in [0.4, 0.5) is 4.79 Å². The Kier molecular flexibility index (Phi) is 3.58. The van der Waals surface area contributed by atoms with Gasteiger partial charge in [-0.05, 0) is 43.1 Å². The molecule has 6 heteroatoms. The smallest absolute Gasteiger partial charge is 0.410 e. The molecular weight excluding hydrogens is 298 g/mol. The van der Waals surface area contributed by atoms with Crippen molar-refractivity contribution in [3.05, 3.63) is 0 Å². The van der Waals surface area contributed by atoms with Gasteiger partial charge in [0.15, 0.2) is 0 Å². The largest absolute Gasteiger partial charge is 0.444 e. The van der Waals surface area contributed by atoms with Crippen LogP contribution in [0.25, 0.3) is 0 Å². The van der Waals surface area contributed by atoms with Crippen molar-refractivity contribution in [1.29, 1.82) is 0 Å². The molecule has 0 N–H and O–H groups in total. The Morgan fingerprint density at radius 3 is 2.78 bits per heavy atom. The molecule has 1 fully saturated rings. The van der Waals surface area contributed by atoms with Gasteiger partial charge >= 0.3 is 6.09 Å². The second-order valence-corrected chi connectivity index (χ2v) is 6.70. The van der Waals surface area contributed by atoms with Crippen LogP contribution in [0.5, 0.6) is 0 Å². The fraction of sp³-hybridized carbons (Fsp3) is 0.833. The van der Waals surface area contributed by atoms with Crippen molar-refractivity contribution in [2.45, 2.75) is 38.8 Å². The maximum absolute atomic E-state index is 12.0. The van der Waals surface area contributed by atoms with E-state index in [0.717, 1.165) is 17.6 Å². The van der Waals surface area contributed by atoms with Gasteiger partial charge in [0.1, 0.15) is 10.2 Å². The zero-order chi connectivity index (χ0) is 13.5. The van der Waals surface area contributed by atoms with Gasteiger partial charge in [0.2, 0.25) is 0 Å². The lowest BCUT2D eigenvalue weighted by Crippen LogP contribution is -2.50. The van der Waals surface area contributed by atoms with E-state index in [0.29, 0.717) is 12.6 Å². The molecule has 2 aliphatic heterocycles. The molecule has 102 valence electrons. The number of rotatable bonds is 0. The Labute approximate surface area is 116 Å². The summed E-state index contributed by atoms with van der Waals surface area (Å²) < 4.78 is 6.34. The van der Waals surface area contributed by atoms with Crippen molar-refractivity contribution in [3.63, 3.8) is 0 Å². The van der Waals surface area contributed by atoms with Crippen molar-refractivity contribution >= 4 is 26.6 Å². The van der Waals surface area contributed by atoms with Gasteiger partial charge in [0.05, 0.1) is 6.04 Å². The Hall–Kier alpha value is -0.780. The van der Waals surface area contributed by atoms with Crippen molar-refractivity contribution in [2.24, 2.45) is 11.0 Å². The van der Waals surface area contributed by atoms with Gasteiger partial charge in [-0.15, -0.1) is 0 Å². The molecule has 2 unspecified atom stereocenters. The number of ether oxygens (including phenoxy) is 1. The number of carbonyl (C=O) groups excluding carboxylic acids is 1. The van der Waals surface area contributed by atoms with Crippen LogP contribution in [-0.4, -0.2) is 52.4 Å². The summed E-state index contributed by atoms with van der Waals surface area (Å²) in [6.45, 7) is 7.07. The number of fused-ring (bicyclic) bond motifs is 1. The van der Waals surface area contributed by atoms with E-state index < -0.39 is 5.60 Å². The molecule has 0 radical (unpaired) electrons. The average Bonchev–Trinajstić information content (AvgIpc) is 2.52. The number of hydrogen-bond donors (Lipinski definition) is 0. The minimum absolute atomic E-state index is 0.226. The molecule has 0 aromatic rings. The number of likely N-dealkylation sites (tertiary alicyclic amines) is 1. The minimum Gasteiger partial charge on any atom is -0.444 e. The highest BCUT2D eigenvalue weighted by Crippen LogP contribution is 2.31. The summed E-state index contributed by atoms with van der Waals surface area (Å²) in [6, 6.07) is 0.401. The first-order valence-corrected chi connectivity index (χ1v) is 7.02. The standard InChI is InChI=1S/C12H20BrN3O2/c1-12(2,3)18-11(17)16-6-5-9-8(7-16)10(13)14-15(9)4/h8-9H,5-7H2,1-4H3. The van der Waals surface area contributed by atoms with Gasteiger partial charge in [-0.1, -0.05) is 0 Å². The van der Waals surface area contributed by atoms with Crippen molar-refractivity contribution in [2.75, 3.05) is 20.1 Å². The van der Waals surface area contributed by atoms with E-state index >= 15 is 0 Å². The lowest BCUT2D eigenvalue weighted by Gasteiger charge is -2.37. The molecule has 0 aromatic carbocycles. The van der Waals surface area contributed by atoms with Crippen LogP contribution >= 0.6 is 15.9 Å². The minimum atomic E-state index is -0.439. The Bertz CT molecular complexity index is 378.